The molecule has 1 aromatic heterocycles. The Morgan fingerprint density at radius 3 is 2.55 bits per heavy atom. The molecule has 3 nitrogen and oxygen atoms in total. The molecule has 20 heavy (non-hydrogen) atoms. The number of ketones is 1. The summed E-state index contributed by atoms with van der Waals surface area (Å²) in [5, 5.41) is 0. The monoisotopic (exact) mass is 338 g/mol. The lowest BCUT2D eigenvalue weighted by Gasteiger charge is -2.43. The van der Waals surface area contributed by atoms with Crippen LogP contribution in [0.5, 0.6) is 0 Å². The van der Waals surface area contributed by atoms with Crippen LogP contribution >= 0.6 is 15.9 Å². The Morgan fingerprint density at radius 2 is 2.05 bits per heavy atom. The van der Waals surface area contributed by atoms with Gasteiger partial charge >= 0.3 is 0 Å². The molecule has 0 saturated heterocycles. The van der Waals surface area contributed by atoms with Crippen LogP contribution in [0, 0.1) is 5.92 Å². The van der Waals surface area contributed by atoms with Crippen molar-refractivity contribution < 1.29 is 4.79 Å². The minimum Gasteiger partial charge on any atom is -0.297 e. The van der Waals surface area contributed by atoms with Gasteiger partial charge in [0.15, 0.2) is 5.78 Å². The van der Waals surface area contributed by atoms with Crippen LogP contribution in [0.15, 0.2) is 22.8 Å². The van der Waals surface area contributed by atoms with Crippen LogP contribution in [0.1, 0.15) is 38.3 Å². The molecule has 0 N–H and O–H groups in total. The van der Waals surface area contributed by atoms with E-state index in [9.17, 15) is 4.79 Å². The predicted molar refractivity (Wildman–Crippen MR) is 84.7 cm³/mol. The molecule has 1 aromatic rings. The zero-order chi connectivity index (χ0) is 14.8. The standard InChI is InChI=1S/C16H23BrN2O/c1-12-6-8-16(9-7-12,19(2)3)15(20)10-14-5-4-13(17)11-18-14/h4-5,11-12H,6-10H2,1-3H3. The van der Waals surface area contributed by atoms with Crippen molar-refractivity contribution >= 4 is 21.7 Å². The lowest BCUT2D eigenvalue weighted by atomic mass is 9.73. The molecule has 1 aliphatic carbocycles. The van der Waals surface area contributed by atoms with E-state index in [4.69, 9.17) is 0 Å². The average Bonchev–Trinajstić information content (AvgIpc) is 2.42. The van der Waals surface area contributed by atoms with E-state index in [1.165, 1.54) is 0 Å². The topological polar surface area (TPSA) is 33.2 Å². The van der Waals surface area contributed by atoms with E-state index < -0.39 is 0 Å². The maximum absolute atomic E-state index is 12.8. The summed E-state index contributed by atoms with van der Waals surface area (Å²) in [5.74, 6) is 1.05. The Bertz CT molecular complexity index is 462. The molecule has 0 unspecified atom stereocenters. The maximum atomic E-state index is 12.8. The van der Waals surface area contributed by atoms with Crippen LogP contribution in [0.3, 0.4) is 0 Å². The van der Waals surface area contributed by atoms with Crippen LogP contribution in [0.4, 0.5) is 0 Å². The molecule has 110 valence electrons. The minimum absolute atomic E-state index is 0.290. The fraction of sp³-hybridized carbons (Fsp3) is 0.625. The predicted octanol–water partition coefficient (Wildman–Crippen LogP) is 3.47. The third-order valence-electron chi connectivity index (χ3n) is 4.61. The summed E-state index contributed by atoms with van der Waals surface area (Å²) in [6.45, 7) is 2.28. The first-order chi connectivity index (χ1) is 9.44. The molecule has 1 fully saturated rings. The third kappa shape index (κ3) is 3.29. The van der Waals surface area contributed by atoms with Crippen LogP contribution in [0.25, 0.3) is 0 Å². The lowest BCUT2D eigenvalue weighted by molar-refractivity contribution is -0.131. The van der Waals surface area contributed by atoms with Crippen molar-refractivity contribution in [3.8, 4) is 0 Å². The van der Waals surface area contributed by atoms with E-state index >= 15 is 0 Å². The van der Waals surface area contributed by atoms with Crippen molar-refractivity contribution in [2.75, 3.05) is 14.1 Å². The molecule has 0 aromatic carbocycles. The second-order valence-corrected chi connectivity index (χ2v) is 7.09. The molecule has 0 aliphatic heterocycles. The quantitative estimate of drug-likeness (QED) is 0.842. The van der Waals surface area contributed by atoms with Gasteiger partial charge in [0.1, 0.15) is 0 Å². The molecule has 0 radical (unpaired) electrons. The maximum Gasteiger partial charge on any atom is 0.158 e. The van der Waals surface area contributed by atoms with Gasteiger partial charge < -0.3 is 0 Å². The molecular weight excluding hydrogens is 316 g/mol. The molecule has 2 rings (SSSR count). The van der Waals surface area contributed by atoms with Gasteiger partial charge in [0.2, 0.25) is 0 Å². The smallest absolute Gasteiger partial charge is 0.158 e. The number of nitrogens with zero attached hydrogens (tertiary/aromatic N) is 2. The molecule has 0 amide bonds. The fourth-order valence-corrected chi connectivity index (χ4v) is 3.29. The first kappa shape index (κ1) is 15.6. The SMILES string of the molecule is CC1CCC(C(=O)Cc2ccc(Br)cn2)(N(C)C)CC1. The highest BCUT2D eigenvalue weighted by molar-refractivity contribution is 9.10. The van der Waals surface area contributed by atoms with Gasteiger partial charge in [0.05, 0.1) is 12.0 Å². The van der Waals surface area contributed by atoms with E-state index in [1.807, 2.05) is 26.2 Å². The van der Waals surface area contributed by atoms with Crippen molar-refractivity contribution in [1.82, 2.24) is 9.88 Å². The second-order valence-electron chi connectivity index (χ2n) is 6.18. The summed E-state index contributed by atoms with van der Waals surface area (Å²) in [5.41, 5.74) is 0.569. The molecule has 0 spiro atoms. The summed E-state index contributed by atoms with van der Waals surface area (Å²) < 4.78 is 0.947. The van der Waals surface area contributed by atoms with E-state index in [0.717, 1.165) is 41.8 Å². The van der Waals surface area contributed by atoms with Crippen LogP contribution < -0.4 is 0 Å². The summed E-state index contributed by atoms with van der Waals surface area (Å²) in [7, 11) is 4.06. The number of carbonyl (C=O) groups is 1. The molecule has 4 heteroatoms. The van der Waals surface area contributed by atoms with E-state index in [-0.39, 0.29) is 5.54 Å². The molecule has 1 saturated carbocycles. The van der Waals surface area contributed by atoms with Gasteiger partial charge in [-0.05, 0) is 73.8 Å². The summed E-state index contributed by atoms with van der Waals surface area (Å²) in [6, 6.07) is 3.87. The van der Waals surface area contributed by atoms with Crippen LogP contribution in [-0.4, -0.2) is 35.3 Å². The van der Waals surface area contributed by atoms with Gasteiger partial charge in [-0.1, -0.05) is 6.92 Å². The highest BCUT2D eigenvalue weighted by atomic mass is 79.9. The van der Waals surface area contributed by atoms with Gasteiger partial charge in [-0.15, -0.1) is 0 Å². The van der Waals surface area contributed by atoms with Crippen LogP contribution in [0.2, 0.25) is 0 Å². The zero-order valence-corrected chi connectivity index (χ0v) is 14.1. The highest BCUT2D eigenvalue weighted by Gasteiger charge is 2.42. The average molecular weight is 339 g/mol. The summed E-state index contributed by atoms with van der Waals surface area (Å²) in [6.07, 6.45) is 6.40. The molecular formula is C16H23BrN2O. The number of hydrogen-bond acceptors (Lipinski definition) is 3. The number of rotatable bonds is 4. The van der Waals surface area contributed by atoms with E-state index in [0.29, 0.717) is 12.2 Å². The zero-order valence-electron chi connectivity index (χ0n) is 12.5. The Morgan fingerprint density at radius 1 is 1.40 bits per heavy atom. The van der Waals surface area contributed by atoms with Crippen molar-refractivity contribution in [2.24, 2.45) is 5.92 Å². The van der Waals surface area contributed by atoms with Gasteiger partial charge in [-0.2, -0.15) is 0 Å². The number of aromatic nitrogens is 1. The van der Waals surface area contributed by atoms with Crippen molar-refractivity contribution in [1.29, 1.82) is 0 Å². The number of hydrogen-bond donors (Lipinski definition) is 0. The largest absolute Gasteiger partial charge is 0.297 e. The number of pyridine rings is 1. The third-order valence-corrected chi connectivity index (χ3v) is 5.08. The van der Waals surface area contributed by atoms with E-state index in [1.54, 1.807) is 6.20 Å². The van der Waals surface area contributed by atoms with Gasteiger partial charge in [-0.3, -0.25) is 14.7 Å². The van der Waals surface area contributed by atoms with Gasteiger partial charge in [0.25, 0.3) is 0 Å². The Labute approximate surface area is 129 Å². The molecule has 1 aliphatic rings. The molecule has 0 atom stereocenters. The summed E-state index contributed by atoms with van der Waals surface area (Å²) in [4.78, 5) is 19.3. The number of carbonyl (C=O) groups excluding carboxylic acids is 1. The number of likely N-dealkylation sites (N-methyl/N-ethyl adjacent to an activating group) is 1. The van der Waals surface area contributed by atoms with Gasteiger partial charge in [-0.25, -0.2) is 0 Å². The number of Topliss-reactive ketones (excluding diaryl/α,β-unsaturated/α-hetero) is 1. The van der Waals surface area contributed by atoms with Crippen LogP contribution in [-0.2, 0) is 11.2 Å². The van der Waals surface area contributed by atoms with Crippen molar-refractivity contribution in [2.45, 2.75) is 44.6 Å². The Hall–Kier alpha value is -0.740. The van der Waals surface area contributed by atoms with Crippen molar-refractivity contribution in [3.63, 3.8) is 0 Å². The Balaban J connectivity index is 2.13. The second kappa shape index (κ2) is 6.35. The number of halogens is 1. The first-order valence-corrected chi connectivity index (χ1v) is 8.04. The molecule has 0 bridgehead atoms. The Kier molecular flexibility index (Phi) is 4.97. The normalized spacial score (nSPS) is 26.8. The fourth-order valence-electron chi connectivity index (χ4n) is 3.06. The minimum atomic E-state index is -0.290. The molecule has 1 heterocycles. The highest BCUT2D eigenvalue weighted by Crippen LogP contribution is 2.36. The lowest BCUT2D eigenvalue weighted by Crippen LogP contribution is -2.53. The summed E-state index contributed by atoms with van der Waals surface area (Å²) >= 11 is 3.37. The van der Waals surface area contributed by atoms with E-state index in [2.05, 4.69) is 32.7 Å². The van der Waals surface area contributed by atoms with Crippen molar-refractivity contribution in [3.05, 3.63) is 28.5 Å². The first-order valence-electron chi connectivity index (χ1n) is 7.25. The van der Waals surface area contributed by atoms with Gasteiger partial charge in [0, 0.05) is 16.4 Å².